The van der Waals surface area contributed by atoms with Crippen LogP contribution in [-0.4, -0.2) is 28.1 Å². The summed E-state index contributed by atoms with van der Waals surface area (Å²) in [7, 11) is 0. The predicted molar refractivity (Wildman–Crippen MR) is 178 cm³/mol. The average Bonchev–Trinajstić information content (AvgIpc) is 3.78. The van der Waals surface area contributed by atoms with Crippen molar-refractivity contribution in [2.45, 2.75) is 52.4 Å². The van der Waals surface area contributed by atoms with Gasteiger partial charge < -0.3 is 24.8 Å². The summed E-state index contributed by atoms with van der Waals surface area (Å²) in [6.45, 7) is 6.69. The van der Waals surface area contributed by atoms with Gasteiger partial charge in [0.25, 0.3) is 0 Å². The van der Waals surface area contributed by atoms with E-state index >= 15 is 0 Å². The molecule has 2 N–H and O–H groups in total. The van der Waals surface area contributed by atoms with E-state index in [4.69, 9.17) is 10.2 Å². The topological polar surface area (TPSA) is 40.5 Å². The summed E-state index contributed by atoms with van der Waals surface area (Å²) in [5.74, 6) is 0.584. The molecule has 232 valence electrons. The molecule has 0 radical (unpaired) electrons. The maximum Gasteiger partial charge on any atom is -1.00 e. The maximum atomic E-state index is 8.24. The van der Waals surface area contributed by atoms with Gasteiger partial charge in [0.15, 0.2) is 0 Å². The molecule has 0 heterocycles. The summed E-state index contributed by atoms with van der Waals surface area (Å²) in [5.41, 5.74) is 13.7. The van der Waals surface area contributed by atoms with E-state index in [2.05, 4.69) is 124 Å². The smallest absolute Gasteiger partial charge is 1.00 e. The SMILES string of the molecule is CC(C)c1cc2c(-c3ccccc3)cccc2[cH-]1.CC1=[C-]c2cc3c(c(-c4ccccc4)c2C1)CCC3.OC[Si](=[Zr+2])CO.[Cl-].[Cl-]. The standard InChI is InChI=1S/C19H17.C18H17.C2H6O2Si.2ClH.Zr/c1-13-10-16-12-15-8-5-9-17(15)19(18(16)11-13)14-6-3-2-4-7-14;1-13(2)16-11-15-9-6-10-17(18(15)12-16)14-7-4-3-5-8-14;3-1-5-2-4;;;/h2-4,6-7,12H,5,8-9,11H2,1H3;3-13H,1-2H3;3-4H,1-2H2;2*1H;/q2*-1;;;;+2/p-2. The summed E-state index contributed by atoms with van der Waals surface area (Å²) in [6, 6.07) is 35.1. The Morgan fingerprint density at radius 1 is 0.822 bits per heavy atom. The molecule has 0 amide bonds. The number of hydrogen-bond acceptors (Lipinski definition) is 2. The second-order valence-corrected chi connectivity index (χ2v) is 18.8. The third kappa shape index (κ3) is 9.01. The van der Waals surface area contributed by atoms with E-state index < -0.39 is 5.43 Å². The van der Waals surface area contributed by atoms with Gasteiger partial charge in [-0.3, -0.25) is 0 Å². The number of halogens is 2. The van der Waals surface area contributed by atoms with Crippen LogP contribution in [0.15, 0.2) is 103 Å². The van der Waals surface area contributed by atoms with E-state index in [-0.39, 0.29) is 37.3 Å². The van der Waals surface area contributed by atoms with Crippen molar-refractivity contribution < 1.29 is 58.4 Å². The molecule has 7 rings (SSSR count). The Balaban J connectivity index is 0.000000202. The molecular weight excluding hydrogens is 691 g/mol. The fourth-order valence-corrected chi connectivity index (χ4v) is 6.19. The molecule has 0 spiro atoms. The van der Waals surface area contributed by atoms with Gasteiger partial charge in [-0.25, -0.2) is 0 Å². The molecule has 6 heteroatoms. The van der Waals surface area contributed by atoms with Crippen molar-refractivity contribution >= 4 is 16.2 Å². The Hall–Kier alpha value is -2.17. The summed E-state index contributed by atoms with van der Waals surface area (Å²) in [5, 5.41) is 19.2. The molecule has 2 aliphatic rings. The molecule has 0 saturated carbocycles. The number of benzene rings is 4. The molecule has 45 heavy (non-hydrogen) atoms. The normalized spacial score (nSPS) is 12.5. The quantitative estimate of drug-likeness (QED) is 0.216. The number of aliphatic hydroxyl groups excluding tert-OH is 2. The van der Waals surface area contributed by atoms with Crippen LogP contribution in [0.1, 0.15) is 60.9 Å². The van der Waals surface area contributed by atoms with Gasteiger partial charge in [0, 0.05) is 0 Å². The predicted octanol–water partition coefficient (Wildman–Crippen LogP) is 2.44. The molecule has 0 bridgehead atoms. The molecule has 0 aromatic heterocycles. The van der Waals surface area contributed by atoms with Crippen molar-refractivity contribution in [3.05, 3.63) is 137 Å². The Morgan fingerprint density at radius 2 is 1.47 bits per heavy atom. The van der Waals surface area contributed by atoms with Crippen LogP contribution in [0, 0.1) is 6.08 Å². The molecule has 2 aliphatic carbocycles. The Kier molecular flexibility index (Phi) is 14.6. The third-order valence-electron chi connectivity index (χ3n) is 8.27. The largest absolute Gasteiger partial charge is 1.00 e. The van der Waals surface area contributed by atoms with Crippen LogP contribution in [0.25, 0.3) is 33.0 Å². The molecule has 0 aliphatic heterocycles. The first-order valence-electron chi connectivity index (χ1n) is 15.2. The van der Waals surface area contributed by atoms with Crippen molar-refractivity contribution in [3.63, 3.8) is 0 Å². The number of hydrogen-bond donors (Lipinski definition) is 2. The van der Waals surface area contributed by atoms with Crippen molar-refractivity contribution in [3.8, 4) is 22.3 Å². The monoisotopic (exact) mass is 728 g/mol. The van der Waals surface area contributed by atoms with Gasteiger partial charge in [0.2, 0.25) is 0 Å². The molecule has 0 atom stereocenters. The minimum absolute atomic E-state index is 0. The zero-order valence-electron chi connectivity index (χ0n) is 26.2. The summed E-state index contributed by atoms with van der Waals surface area (Å²) in [4.78, 5) is 0. The summed E-state index contributed by atoms with van der Waals surface area (Å²) < 4.78 is 0. The van der Waals surface area contributed by atoms with E-state index in [9.17, 15) is 0 Å². The van der Waals surface area contributed by atoms with Gasteiger partial charge in [-0.2, -0.15) is 23.8 Å². The van der Waals surface area contributed by atoms with Crippen molar-refractivity contribution in [1.29, 1.82) is 0 Å². The number of fused-ring (bicyclic) bond motifs is 3. The molecule has 0 saturated heterocycles. The fraction of sp³-hybridized carbons (Fsp3) is 0.256. The van der Waals surface area contributed by atoms with Gasteiger partial charge in [0.05, 0.1) is 0 Å². The Labute approximate surface area is 296 Å². The second kappa shape index (κ2) is 17.7. The summed E-state index contributed by atoms with van der Waals surface area (Å²) in [6.07, 6.45) is 8.86. The van der Waals surface area contributed by atoms with Crippen molar-refractivity contribution in [2.75, 3.05) is 12.5 Å². The molecule has 5 aromatic rings. The maximum absolute atomic E-state index is 8.24. The van der Waals surface area contributed by atoms with Gasteiger partial charge in [-0.1, -0.05) is 116 Å². The number of aliphatic hydroxyl groups is 2. The van der Waals surface area contributed by atoms with Crippen LogP contribution < -0.4 is 24.8 Å². The van der Waals surface area contributed by atoms with Crippen LogP contribution in [0.2, 0.25) is 0 Å². The van der Waals surface area contributed by atoms with Crippen LogP contribution >= 0.6 is 0 Å². The summed E-state index contributed by atoms with van der Waals surface area (Å²) >= 11 is 1.30. The van der Waals surface area contributed by atoms with Gasteiger partial charge in [0.1, 0.15) is 0 Å². The van der Waals surface area contributed by atoms with E-state index in [1.807, 2.05) is 0 Å². The van der Waals surface area contributed by atoms with Crippen molar-refractivity contribution in [2.24, 2.45) is 0 Å². The van der Waals surface area contributed by atoms with Gasteiger partial charge in [-0.15, -0.1) is 45.7 Å². The minimum atomic E-state index is -0.667. The first-order chi connectivity index (χ1) is 20.9. The van der Waals surface area contributed by atoms with Crippen LogP contribution in [0.5, 0.6) is 0 Å². The Bertz CT molecular complexity index is 1740. The fourth-order valence-electron chi connectivity index (χ4n) is 6.09. The first kappa shape index (κ1) is 37.3. The van der Waals surface area contributed by atoms with E-state index in [0.717, 1.165) is 6.42 Å². The zero-order chi connectivity index (χ0) is 30.3. The van der Waals surface area contributed by atoms with Crippen LogP contribution in [0.3, 0.4) is 0 Å². The number of allylic oxidation sites excluding steroid dienone is 1. The minimum Gasteiger partial charge on any atom is -1.00 e. The molecule has 0 fully saturated rings. The average molecular weight is 731 g/mol. The number of aryl methyl sites for hydroxylation is 1. The van der Waals surface area contributed by atoms with Gasteiger partial charge >= 0.3 is 51.4 Å². The first-order valence-corrected chi connectivity index (χ1v) is 20.8. The molecule has 0 unspecified atom stereocenters. The third-order valence-corrected chi connectivity index (χ3v) is 11.4. The van der Waals surface area contributed by atoms with E-state index in [0.29, 0.717) is 5.92 Å². The number of rotatable bonds is 5. The Morgan fingerprint density at radius 3 is 2.07 bits per heavy atom. The van der Waals surface area contributed by atoms with Gasteiger partial charge in [-0.05, 0) is 36.3 Å². The van der Waals surface area contributed by atoms with Crippen molar-refractivity contribution in [1.82, 2.24) is 0 Å². The zero-order valence-corrected chi connectivity index (χ0v) is 31.2. The van der Waals surface area contributed by atoms with Crippen LogP contribution in [-0.2, 0) is 42.6 Å². The van der Waals surface area contributed by atoms with Crippen LogP contribution in [0.4, 0.5) is 0 Å². The van der Waals surface area contributed by atoms with E-state index in [1.165, 1.54) is 97.9 Å². The molecular formula is C39H40Cl2O2SiZr-2. The second-order valence-electron chi connectivity index (χ2n) is 11.8. The molecule has 5 aromatic carbocycles. The van der Waals surface area contributed by atoms with E-state index in [1.54, 1.807) is 11.1 Å². The molecule has 2 nitrogen and oxygen atoms in total.